The van der Waals surface area contributed by atoms with Crippen molar-refractivity contribution in [2.24, 2.45) is 0 Å². The lowest BCUT2D eigenvalue weighted by atomic mass is 9.94. The summed E-state index contributed by atoms with van der Waals surface area (Å²) in [7, 11) is 0. The fraction of sp³-hybridized carbons (Fsp3) is 0. The molecule has 1 heterocycles. The van der Waals surface area contributed by atoms with Gasteiger partial charge in [-0.3, -0.25) is 0 Å². The van der Waals surface area contributed by atoms with Gasteiger partial charge in [-0.15, -0.1) is 0 Å². The zero-order valence-electron chi connectivity index (χ0n) is 13.0. The van der Waals surface area contributed by atoms with E-state index in [1.165, 1.54) is 18.2 Å². The Labute approximate surface area is 140 Å². The summed E-state index contributed by atoms with van der Waals surface area (Å²) in [6.45, 7) is 0. The molecule has 0 atom stereocenters. The van der Waals surface area contributed by atoms with E-state index in [0.29, 0.717) is 5.82 Å². The summed E-state index contributed by atoms with van der Waals surface area (Å²) in [6, 6.07) is 27.0. The topological polar surface area (TPSA) is 38.7 Å². The average molecular weight is 309 g/mol. The van der Waals surface area contributed by atoms with Gasteiger partial charge in [0.1, 0.15) is 12.7 Å². The molecule has 0 N–H and O–H groups in total. The molecule has 0 aliphatic carbocycles. The number of nitrogens with zero attached hydrogens (tertiary/aromatic N) is 3. The van der Waals surface area contributed by atoms with Crippen molar-refractivity contribution in [1.29, 1.82) is 0 Å². The Morgan fingerprint density at radius 2 is 1.12 bits per heavy atom. The van der Waals surface area contributed by atoms with E-state index in [1.807, 2.05) is 36.4 Å². The smallest absolute Gasteiger partial charge is 0.163 e. The summed E-state index contributed by atoms with van der Waals surface area (Å²) in [5.74, 6) is 0.682. The van der Waals surface area contributed by atoms with Crippen LogP contribution in [0.15, 0.2) is 91.5 Å². The van der Waals surface area contributed by atoms with E-state index in [2.05, 4.69) is 57.4 Å². The molecule has 0 amide bonds. The van der Waals surface area contributed by atoms with E-state index < -0.39 is 0 Å². The predicted octanol–water partition coefficient (Wildman–Crippen LogP) is 4.87. The van der Waals surface area contributed by atoms with E-state index in [0.717, 1.165) is 22.3 Å². The van der Waals surface area contributed by atoms with Crippen LogP contribution in [-0.4, -0.2) is 15.0 Å². The summed E-state index contributed by atoms with van der Waals surface area (Å²) in [6.07, 6.45) is 3.07. The number of aromatic nitrogens is 3. The van der Waals surface area contributed by atoms with Crippen molar-refractivity contribution in [1.82, 2.24) is 15.0 Å². The van der Waals surface area contributed by atoms with E-state index in [-0.39, 0.29) is 0 Å². The highest BCUT2D eigenvalue weighted by molar-refractivity contribution is 5.84. The molecule has 0 saturated carbocycles. The minimum absolute atomic E-state index is 0.682. The Hall–Kier alpha value is -3.33. The molecule has 0 bridgehead atoms. The second-order valence-corrected chi connectivity index (χ2v) is 5.45. The first kappa shape index (κ1) is 14.3. The van der Waals surface area contributed by atoms with Crippen molar-refractivity contribution < 1.29 is 0 Å². The minimum atomic E-state index is 0.682. The normalized spacial score (nSPS) is 10.5. The van der Waals surface area contributed by atoms with Crippen LogP contribution < -0.4 is 0 Å². The molecule has 0 radical (unpaired) electrons. The maximum absolute atomic E-state index is 4.35. The van der Waals surface area contributed by atoms with Crippen molar-refractivity contribution >= 4 is 0 Å². The SMILES string of the molecule is c1ccc(-c2ccc(-c3ccccc3)c(-c3ncncn3)c2)cc1. The fourth-order valence-electron chi connectivity index (χ4n) is 2.79. The number of hydrogen-bond acceptors (Lipinski definition) is 3. The second-order valence-electron chi connectivity index (χ2n) is 5.45. The molecule has 3 nitrogen and oxygen atoms in total. The van der Waals surface area contributed by atoms with Crippen LogP contribution in [0.4, 0.5) is 0 Å². The highest BCUT2D eigenvalue weighted by Crippen LogP contribution is 2.33. The summed E-state index contributed by atoms with van der Waals surface area (Å²) in [5, 5.41) is 0. The van der Waals surface area contributed by atoms with Gasteiger partial charge in [-0.05, 0) is 28.3 Å². The highest BCUT2D eigenvalue weighted by Gasteiger charge is 2.11. The maximum Gasteiger partial charge on any atom is 0.163 e. The summed E-state index contributed by atoms with van der Waals surface area (Å²) in [5.41, 5.74) is 5.58. The molecule has 4 rings (SSSR count). The van der Waals surface area contributed by atoms with E-state index in [1.54, 1.807) is 0 Å². The molecular formula is C21H15N3. The van der Waals surface area contributed by atoms with Gasteiger partial charge in [-0.25, -0.2) is 15.0 Å². The highest BCUT2D eigenvalue weighted by atomic mass is 15.0. The fourth-order valence-corrected chi connectivity index (χ4v) is 2.79. The first-order valence-corrected chi connectivity index (χ1v) is 7.79. The Kier molecular flexibility index (Phi) is 3.82. The van der Waals surface area contributed by atoms with Gasteiger partial charge in [0.25, 0.3) is 0 Å². The van der Waals surface area contributed by atoms with Crippen LogP contribution in [0.1, 0.15) is 0 Å². The Bertz CT molecular complexity index is 936. The van der Waals surface area contributed by atoms with Gasteiger partial charge < -0.3 is 0 Å². The summed E-state index contributed by atoms with van der Waals surface area (Å²) in [4.78, 5) is 12.6. The van der Waals surface area contributed by atoms with Crippen molar-refractivity contribution in [3.05, 3.63) is 91.5 Å². The zero-order valence-corrected chi connectivity index (χ0v) is 13.0. The van der Waals surface area contributed by atoms with Gasteiger partial charge in [-0.2, -0.15) is 0 Å². The third-order valence-electron chi connectivity index (χ3n) is 3.95. The lowest BCUT2D eigenvalue weighted by Gasteiger charge is -2.11. The summed E-state index contributed by atoms with van der Waals surface area (Å²) >= 11 is 0. The van der Waals surface area contributed by atoms with Gasteiger partial charge >= 0.3 is 0 Å². The monoisotopic (exact) mass is 309 g/mol. The Morgan fingerprint density at radius 1 is 0.500 bits per heavy atom. The van der Waals surface area contributed by atoms with Crippen molar-refractivity contribution in [3.8, 4) is 33.6 Å². The average Bonchev–Trinajstić information content (AvgIpc) is 2.69. The minimum Gasteiger partial charge on any atom is -0.225 e. The molecule has 0 aliphatic heterocycles. The molecule has 3 aromatic carbocycles. The number of rotatable bonds is 3. The van der Waals surface area contributed by atoms with Gasteiger partial charge in [0, 0.05) is 5.56 Å². The van der Waals surface area contributed by atoms with Gasteiger partial charge in [0.15, 0.2) is 5.82 Å². The molecule has 0 unspecified atom stereocenters. The first-order valence-electron chi connectivity index (χ1n) is 7.79. The molecular weight excluding hydrogens is 294 g/mol. The van der Waals surface area contributed by atoms with Crippen molar-refractivity contribution in [2.45, 2.75) is 0 Å². The standard InChI is InChI=1S/C21H15N3/c1-3-7-16(8-4-1)18-11-12-19(17-9-5-2-6-10-17)20(13-18)21-23-14-22-15-24-21/h1-15H. The molecule has 1 aromatic heterocycles. The molecule has 0 saturated heterocycles. The van der Waals surface area contributed by atoms with Crippen LogP contribution in [-0.2, 0) is 0 Å². The van der Waals surface area contributed by atoms with Crippen LogP contribution in [0.3, 0.4) is 0 Å². The van der Waals surface area contributed by atoms with Crippen LogP contribution in [0.25, 0.3) is 33.6 Å². The van der Waals surface area contributed by atoms with Gasteiger partial charge in [-0.1, -0.05) is 72.8 Å². The molecule has 4 aromatic rings. The molecule has 0 fully saturated rings. The Morgan fingerprint density at radius 3 is 1.79 bits per heavy atom. The van der Waals surface area contributed by atoms with Gasteiger partial charge in [0.2, 0.25) is 0 Å². The lowest BCUT2D eigenvalue weighted by Crippen LogP contribution is -1.93. The Balaban J connectivity index is 1.92. The van der Waals surface area contributed by atoms with Gasteiger partial charge in [0.05, 0.1) is 0 Å². The zero-order chi connectivity index (χ0) is 16.2. The predicted molar refractivity (Wildman–Crippen MR) is 96.1 cm³/mol. The molecule has 0 aliphatic rings. The summed E-state index contributed by atoms with van der Waals surface area (Å²) < 4.78 is 0. The molecule has 0 spiro atoms. The van der Waals surface area contributed by atoms with E-state index in [9.17, 15) is 0 Å². The molecule has 24 heavy (non-hydrogen) atoms. The first-order chi connectivity index (χ1) is 11.9. The molecule has 114 valence electrons. The van der Waals surface area contributed by atoms with Crippen LogP contribution in [0.5, 0.6) is 0 Å². The third-order valence-corrected chi connectivity index (χ3v) is 3.95. The maximum atomic E-state index is 4.35. The molecule has 3 heteroatoms. The van der Waals surface area contributed by atoms with Crippen LogP contribution in [0, 0.1) is 0 Å². The van der Waals surface area contributed by atoms with E-state index in [4.69, 9.17) is 0 Å². The third kappa shape index (κ3) is 2.79. The van der Waals surface area contributed by atoms with E-state index >= 15 is 0 Å². The number of benzene rings is 3. The number of hydrogen-bond donors (Lipinski definition) is 0. The van der Waals surface area contributed by atoms with Crippen LogP contribution >= 0.6 is 0 Å². The van der Waals surface area contributed by atoms with Crippen molar-refractivity contribution in [3.63, 3.8) is 0 Å². The lowest BCUT2D eigenvalue weighted by molar-refractivity contribution is 1.06. The van der Waals surface area contributed by atoms with Crippen molar-refractivity contribution in [2.75, 3.05) is 0 Å². The quantitative estimate of drug-likeness (QED) is 0.542. The largest absolute Gasteiger partial charge is 0.225 e. The van der Waals surface area contributed by atoms with Crippen LogP contribution in [0.2, 0.25) is 0 Å². The second kappa shape index (κ2) is 6.42.